The minimum absolute atomic E-state index is 0.402. The molecule has 0 N–H and O–H groups in total. The third-order valence-corrected chi connectivity index (χ3v) is 6.30. The molecule has 2 nitrogen and oxygen atoms in total. The lowest BCUT2D eigenvalue weighted by atomic mass is 9.78. The number of fused-ring (bicyclic) bond motifs is 3. The Morgan fingerprint density at radius 1 is 0.917 bits per heavy atom. The van der Waals surface area contributed by atoms with Crippen LogP contribution in [0.3, 0.4) is 0 Å². The summed E-state index contributed by atoms with van der Waals surface area (Å²) in [7, 11) is 5.34. The molecule has 120 valence electrons. The highest BCUT2D eigenvalue weighted by Crippen LogP contribution is 2.30. The molecular weight excluding hydrogens is 333 g/mol. The van der Waals surface area contributed by atoms with Gasteiger partial charge in [0.1, 0.15) is 5.60 Å². The molecule has 24 heavy (non-hydrogen) atoms. The number of hydrogen-bond acceptors (Lipinski definition) is 2. The van der Waals surface area contributed by atoms with Crippen molar-refractivity contribution < 1.29 is 9.31 Å². The zero-order valence-electron chi connectivity index (χ0n) is 13.8. The third-order valence-electron chi connectivity index (χ3n) is 4.73. The summed E-state index contributed by atoms with van der Waals surface area (Å²) in [4.78, 5) is 0. The summed E-state index contributed by atoms with van der Waals surface area (Å²) >= 11 is 0. The Morgan fingerprint density at radius 3 is 2.21 bits per heavy atom. The van der Waals surface area contributed by atoms with Gasteiger partial charge in [-0.1, -0.05) is 49.0 Å². The van der Waals surface area contributed by atoms with Crippen molar-refractivity contribution in [1.82, 2.24) is 0 Å². The molecule has 5 heteroatoms. The Hall–Kier alpha value is -1.40. The predicted octanol–water partition coefficient (Wildman–Crippen LogP) is 3.03. The van der Waals surface area contributed by atoms with E-state index in [-0.39, 0.29) is 0 Å². The van der Waals surface area contributed by atoms with Crippen LogP contribution >= 0.6 is 18.5 Å². The largest absolute Gasteiger partial charge is 0.563 e. The summed E-state index contributed by atoms with van der Waals surface area (Å²) in [5.74, 6) is 0.670. The van der Waals surface area contributed by atoms with Gasteiger partial charge in [0, 0.05) is 0 Å². The molecule has 0 aliphatic carbocycles. The van der Waals surface area contributed by atoms with E-state index in [1.54, 1.807) is 0 Å². The molecule has 3 aromatic carbocycles. The van der Waals surface area contributed by atoms with Crippen LogP contribution in [-0.4, -0.2) is 12.7 Å². The molecular formula is C19H19BO2P2. The van der Waals surface area contributed by atoms with Gasteiger partial charge >= 0.3 is 7.12 Å². The Labute approximate surface area is 147 Å². The second kappa shape index (κ2) is 5.56. The van der Waals surface area contributed by atoms with Gasteiger partial charge in [-0.2, -0.15) is 0 Å². The lowest BCUT2D eigenvalue weighted by Gasteiger charge is -2.16. The number of hydrogen-bond donors (Lipinski definition) is 0. The summed E-state index contributed by atoms with van der Waals surface area (Å²) in [6, 6.07) is 14.9. The van der Waals surface area contributed by atoms with Crippen molar-refractivity contribution in [3.8, 4) is 0 Å². The minimum Gasteiger partial charge on any atom is -0.534 e. The molecule has 2 unspecified atom stereocenters. The molecule has 0 spiro atoms. The minimum atomic E-state index is -0.460. The standard InChI is InChI=1S/C19H19BO2P2/c1-11-19(2,3)22-20(21-11)12-8-9-14-13-6-4-5-7-15(13)17(23)18(24)16(14)10-12/h4-10H,1,23-24H2,2-3H3. The maximum absolute atomic E-state index is 6.02. The van der Waals surface area contributed by atoms with E-state index in [1.807, 2.05) is 13.8 Å². The van der Waals surface area contributed by atoms with Gasteiger partial charge in [-0.15, -0.1) is 18.5 Å². The normalized spacial score (nSPS) is 16.8. The third kappa shape index (κ3) is 2.39. The first kappa shape index (κ1) is 16.1. The van der Waals surface area contributed by atoms with Gasteiger partial charge in [-0.05, 0) is 51.5 Å². The molecule has 0 saturated carbocycles. The summed E-state index contributed by atoms with van der Waals surface area (Å²) in [6.45, 7) is 7.92. The molecule has 1 saturated heterocycles. The summed E-state index contributed by atoms with van der Waals surface area (Å²) in [5, 5.41) is 7.35. The van der Waals surface area contributed by atoms with Gasteiger partial charge in [0.2, 0.25) is 0 Å². The van der Waals surface area contributed by atoms with Crippen molar-refractivity contribution in [2.75, 3.05) is 0 Å². The first-order chi connectivity index (χ1) is 11.4. The van der Waals surface area contributed by atoms with E-state index >= 15 is 0 Å². The Bertz CT molecular complexity index is 997. The van der Waals surface area contributed by atoms with Crippen LogP contribution in [0, 0.1) is 0 Å². The van der Waals surface area contributed by atoms with Crippen molar-refractivity contribution in [2.24, 2.45) is 0 Å². The highest BCUT2D eigenvalue weighted by molar-refractivity contribution is 7.37. The first-order valence-electron chi connectivity index (χ1n) is 7.91. The monoisotopic (exact) mass is 352 g/mol. The Balaban J connectivity index is 1.92. The van der Waals surface area contributed by atoms with Crippen LogP contribution in [0.4, 0.5) is 0 Å². The number of benzene rings is 3. The lowest BCUT2D eigenvalue weighted by molar-refractivity contribution is 0.173. The van der Waals surface area contributed by atoms with Gasteiger partial charge in [0.25, 0.3) is 0 Å². The predicted molar refractivity (Wildman–Crippen MR) is 111 cm³/mol. The van der Waals surface area contributed by atoms with Crippen molar-refractivity contribution in [3.63, 3.8) is 0 Å². The summed E-state index contributed by atoms with van der Waals surface area (Å²) in [5.41, 5.74) is 0.552. The van der Waals surface area contributed by atoms with Crippen LogP contribution in [-0.2, 0) is 9.31 Å². The molecule has 1 aliphatic heterocycles. The molecule has 2 atom stereocenters. The van der Waals surface area contributed by atoms with Crippen LogP contribution in [0.2, 0.25) is 0 Å². The summed E-state index contributed by atoms with van der Waals surface area (Å²) in [6.07, 6.45) is 0. The summed E-state index contributed by atoms with van der Waals surface area (Å²) < 4.78 is 11.9. The zero-order chi connectivity index (χ0) is 17.1. The van der Waals surface area contributed by atoms with Gasteiger partial charge in [-0.25, -0.2) is 0 Å². The fourth-order valence-corrected chi connectivity index (χ4v) is 3.98. The van der Waals surface area contributed by atoms with Crippen LogP contribution in [0.5, 0.6) is 0 Å². The van der Waals surface area contributed by atoms with Crippen LogP contribution in [0.1, 0.15) is 13.8 Å². The highest BCUT2D eigenvalue weighted by Gasteiger charge is 2.42. The van der Waals surface area contributed by atoms with Crippen LogP contribution in [0.25, 0.3) is 21.5 Å². The molecule has 3 aromatic rings. The topological polar surface area (TPSA) is 18.5 Å². The molecule has 0 aromatic heterocycles. The molecule has 0 bridgehead atoms. The van der Waals surface area contributed by atoms with Crippen molar-refractivity contribution in [2.45, 2.75) is 19.4 Å². The van der Waals surface area contributed by atoms with Gasteiger partial charge in [0.15, 0.2) is 0 Å². The average molecular weight is 352 g/mol. The van der Waals surface area contributed by atoms with Crippen LogP contribution < -0.4 is 16.1 Å². The van der Waals surface area contributed by atoms with E-state index < -0.39 is 12.7 Å². The van der Waals surface area contributed by atoms with Gasteiger partial charge < -0.3 is 9.31 Å². The van der Waals surface area contributed by atoms with E-state index in [2.05, 4.69) is 67.5 Å². The first-order valence-corrected chi connectivity index (χ1v) is 9.07. The second-order valence-electron chi connectivity index (χ2n) is 6.68. The maximum atomic E-state index is 6.02. The van der Waals surface area contributed by atoms with Crippen molar-refractivity contribution in [1.29, 1.82) is 0 Å². The zero-order valence-corrected chi connectivity index (χ0v) is 16.1. The van der Waals surface area contributed by atoms with E-state index in [0.717, 1.165) is 5.46 Å². The fraction of sp³-hybridized carbons (Fsp3) is 0.158. The molecule has 1 fully saturated rings. The maximum Gasteiger partial charge on any atom is 0.563 e. The quantitative estimate of drug-likeness (QED) is 0.381. The second-order valence-corrected chi connectivity index (χ2v) is 7.83. The Morgan fingerprint density at radius 2 is 1.54 bits per heavy atom. The smallest absolute Gasteiger partial charge is 0.534 e. The molecule has 1 aliphatic rings. The molecule has 0 radical (unpaired) electrons. The molecule has 0 amide bonds. The highest BCUT2D eigenvalue weighted by atomic mass is 31.0. The number of rotatable bonds is 1. The van der Waals surface area contributed by atoms with Crippen molar-refractivity contribution in [3.05, 3.63) is 54.8 Å². The van der Waals surface area contributed by atoms with E-state index in [9.17, 15) is 0 Å². The van der Waals surface area contributed by atoms with Crippen molar-refractivity contribution >= 4 is 63.2 Å². The van der Waals surface area contributed by atoms with E-state index in [1.165, 1.54) is 32.2 Å². The molecule has 4 rings (SSSR count). The SMILES string of the molecule is C=C1OB(c2ccc3c(c2)c(P)c(P)c2ccccc23)OC1(C)C. The van der Waals surface area contributed by atoms with Crippen LogP contribution in [0.15, 0.2) is 54.8 Å². The molecule has 1 heterocycles. The van der Waals surface area contributed by atoms with E-state index in [0.29, 0.717) is 5.76 Å². The fourth-order valence-electron chi connectivity index (χ4n) is 3.17. The average Bonchev–Trinajstić information content (AvgIpc) is 2.85. The lowest BCUT2D eigenvalue weighted by Crippen LogP contribution is -2.34. The van der Waals surface area contributed by atoms with Gasteiger partial charge in [-0.3, -0.25) is 0 Å². The van der Waals surface area contributed by atoms with E-state index in [4.69, 9.17) is 9.31 Å². The Kier molecular flexibility index (Phi) is 3.73. The van der Waals surface area contributed by atoms with Gasteiger partial charge in [0.05, 0.1) is 5.76 Å².